The van der Waals surface area contributed by atoms with Crippen molar-refractivity contribution in [2.45, 2.75) is 19.3 Å². The maximum Gasteiger partial charge on any atom is 0.222 e. The number of nitrogens with one attached hydrogen (secondary N) is 1. The van der Waals surface area contributed by atoms with Crippen molar-refractivity contribution in [1.82, 2.24) is 10.2 Å². The molecule has 24 heavy (non-hydrogen) atoms. The van der Waals surface area contributed by atoms with Crippen LogP contribution in [0.15, 0.2) is 18.2 Å². The third kappa shape index (κ3) is 3.98. The summed E-state index contributed by atoms with van der Waals surface area (Å²) < 4.78 is 18.6. The highest BCUT2D eigenvalue weighted by molar-refractivity contribution is 5.77. The Labute approximate surface area is 142 Å². The van der Waals surface area contributed by atoms with Gasteiger partial charge in [-0.2, -0.15) is 0 Å². The molecule has 2 heterocycles. The normalized spacial score (nSPS) is 19.4. The summed E-state index contributed by atoms with van der Waals surface area (Å²) in [6.45, 7) is 4.97. The molecule has 0 aliphatic carbocycles. The van der Waals surface area contributed by atoms with Crippen LogP contribution in [0.25, 0.3) is 0 Å². The Morgan fingerprint density at radius 3 is 2.62 bits per heavy atom. The van der Waals surface area contributed by atoms with E-state index >= 15 is 0 Å². The summed E-state index contributed by atoms with van der Waals surface area (Å²) in [5, 5.41) is 3.34. The Bertz CT molecular complexity index is 567. The van der Waals surface area contributed by atoms with E-state index in [0.717, 1.165) is 44.7 Å². The number of ether oxygens (including phenoxy) is 1. The summed E-state index contributed by atoms with van der Waals surface area (Å²) in [6, 6.07) is 4.61. The molecule has 0 radical (unpaired) electrons. The van der Waals surface area contributed by atoms with Crippen LogP contribution in [0, 0.1) is 11.7 Å². The fraction of sp³-hybridized carbons (Fsp3) is 0.611. The van der Waals surface area contributed by atoms with Crippen LogP contribution >= 0.6 is 0 Å². The molecule has 1 aromatic rings. The lowest BCUT2D eigenvalue weighted by molar-refractivity contribution is -0.132. The molecule has 2 fully saturated rings. The number of amides is 1. The van der Waals surface area contributed by atoms with E-state index in [0.29, 0.717) is 31.2 Å². The minimum Gasteiger partial charge on any atom is -0.494 e. The van der Waals surface area contributed by atoms with Gasteiger partial charge in [-0.3, -0.25) is 4.79 Å². The number of benzene rings is 1. The lowest BCUT2D eigenvalue weighted by Gasteiger charge is -2.37. The van der Waals surface area contributed by atoms with Crippen LogP contribution in [0.4, 0.5) is 10.1 Å². The minimum atomic E-state index is -0.300. The lowest BCUT2D eigenvalue weighted by atomic mass is 9.94. The van der Waals surface area contributed by atoms with E-state index < -0.39 is 0 Å². The van der Waals surface area contributed by atoms with Gasteiger partial charge >= 0.3 is 0 Å². The Morgan fingerprint density at radius 2 is 1.96 bits per heavy atom. The SMILES string of the molecule is COc1cc(F)ccc1N1CCN(C(=O)CC2CCNCC2)CC1. The topological polar surface area (TPSA) is 44.8 Å². The maximum atomic E-state index is 13.3. The van der Waals surface area contributed by atoms with Gasteiger partial charge in [-0.05, 0) is 44.0 Å². The van der Waals surface area contributed by atoms with E-state index in [-0.39, 0.29) is 11.7 Å². The van der Waals surface area contributed by atoms with Crippen LogP contribution in [0.3, 0.4) is 0 Å². The molecule has 1 amide bonds. The van der Waals surface area contributed by atoms with E-state index in [1.54, 1.807) is 13.2 Å². The Balaban J connectivity index is 1.54. The molecule has 5 nitrogen and oxygen atoms in total. The molecular formula is C18H26FN3O2. The summed E-state index contributed by atoms with van der Waals surface area (Å²) in [5.74, 6) is 1.04. The van der Waals surface area contributed by atoms with E-state index in [9.17, 15) is 9.18 Å². The number of hydrogen-bond donors (Lipinski definition) is 1. The number of nitrogens with zero attached hydrogens (tertiary/aromatic N) is 2. The van der Waals surface area contributed by atoms with Gasteiger partial charge in [-0.1, -0.05) is 0 Å². The monoisotopic (exact) mass is 335 g/mol. The third-order valence-corrected chi connectivity index (χ3v) is 5.04. The van der Waals surface area contributed by atoms with E-state index in [1.165, 1.54) is 12.1 Å². The molecule has 0 aromatic heterocycles. The van der Waals surface area contributed by atoms with Gasteiger partial charge in [0, 0.05) is 38.7 Å². The standard InChI is InChI=1S/C18H26FN3O2/c1-24-17-13-15(19)2-3-16(17)21-8-10-22(11-9-21)18(23)12-14-4-6-20-7-5-14/h2-3,13-14,20H,4-12H2,1H3. The van der Waals surface area contributed by atoms with Crippen LogP contribution in [0.2, 0.25) is 0 Å². The number of methoxy groups -OCH3 is 1. The molecule has 1 aromatic carbocycles. The van der Waals surface area contributed by atoms with Gasteiger partial charge in [0.15, 0.2) is 0 Å². The van der Waals surface area contributed by atoms with E-state index in [1.807, 2.05) is 4.90 Å². The predicted octanol–water partition coefficient (Wildman–Crippen LogP) is 1.87. The second kappa shape index (κ2) is 7.83. The van der Waals surface area contributed by atoms with Crippen molar-refractivity contribution in [3.63, 3.8) is 0 Å². The molecule has 2 aliphatic rings. The van der Waals surface area contributed by atoms with Crippen LogP contribution in [-0.4, -0.2) is 57.2 Å². The molecule has 0 unspecified atom stereocenters. The lowest BCUT2D eigenvalue weighted by Crippen LogP contribution is -2.49. The van der Waals surface area contributed by atoms with Crippen molar-refractivity contribution in [1.29, 1.82) is 0 Å². The highest BCUT2D eigenvalue weighted by atomic mass is 19.1. The first kappa shape index (κ1) is 17.0. The molecule has 0 bridgehead atoms. The number of halogens is 1. The van der Waals surface area contributed by atoms with Crippen LogP contribution < -0.4 is 15.0 Å². The van der Waals surface area contributed by atoms with Gasteiger partial charge in [0.2, 0.25) is 5.91 Å². The van der Waals surface area contributed by atoms with Gasteiger partial charge in [-0.25, -0.2) is 4.39 Å². The second-order valence-electron chi connectivity index (χ2n) is 6.58. The molecule has 6 heteroatoms. The number of anilines is 1. The average molecular weight is 335 g/mol. The molecule has 132 valence electrons. The fourth-order valence-electron chi connectivity index (χ4n) is 3.57. The van der Waals surface area contributed by atoms with E-state index in [4.69, 9.17) is 4.74 Å². The number of piperazine rings is 1. The molecule has 2 saturated heterocycles. The fourth-order valence-corrected chi connectivity index (χ4v) is 3.57. The smallest absolute Gasteiger partial charge is 0.222 e. The van der Waals surface area contributed by atoms with Crippen molar-refractivity contribution < 1.29 is 13.9 Å². The summed E-state index contributed by atoms with van der Waals surface area (Å²) in [6.07, 6.45) is 2.86. The zero-order valence-corrected chi connectivity index (χ0v) is 14.3. The Hall–Kier alpha value is -1.82. The van der Waals surface area contributed by atoms with Crippen LogP contribution in [0.5, 0.6) is 5.75 Å². The number of hydrogen-bond acceptors (Lipinski definition) is 4. The number of carbonyl (C=O) groups is 1. The molecule has 2 aliphatic heterocycles. The van der Waals surface area contributed by atoms with Crippen molar-refractivity contribution >= 4 is 11.6 Å². The highest BCUT2D eigenvalue weighted by Crippen LogP contribution is 2.30. The van der Waals surface area contributed by atoms with Crippen molar-refractivity contribution in [3.05, 3.63) is 24.0 Å². The average Bonchev–Trinajstić information content (AvgIpc) is 2.62. The first-order valence-corrected chi connectivity index (χ1v) is 8.74. The minimum absolute atomic E-state index is 0.271. The van der Waals surface area contributed by atoms with Crippen LogP contribution in [0.1, 0.15) is 19.3 Å². The predicted molar refractivity (Wildman–Crippen MR) is 92.0 cm³/mol. The number of rotatable bonds is 4. The molecular weight excluding hydrogens is 309 g/mol. The quantitative estimate of drug-likeness (QED) is 0.912. The van der Waals surface area contributed by atoms with Gasteiger partial charge in [-0.15, -0.1) is 0 Å². The Morgan fingerprint density at radius 1 is 1.25 bits per heavy atom. The molecule has 0 atom stereocenters. The summed E-state index contributed by atoms with van der Waals surface area (Å²) >= 11 is 0. The molecule has 0 saturated carbocycles. The number of piperidine rings is 1. The van der Waals surface area contributed by atoms with Crippen LogP contribution in [-0.2, 0) is 4.79 Å². The summed E-state index contributed by atoms with van der Waals surface area (Å²) in [5.41, 5.74) is 0.893. The summed E-state index contributed by atoms with van der Waals surface area (Å²) in [7, 11) is 1.55. The van der Waals surface area contributed by atoms with Gasteiger partial charge in [0.05, 0.1) is 12.8 Å². The van der Waals surface area contributed by atoms with Crippen molar-refractivity contribution in [2.24, 2.45) is 5.92 Å². The van der Waals surface area contributed by atoms with Crippen molar-refractivity contribution in [2.75, 3.05) is 51.3 Å². The zero-order valence-electron chi connectivity index (χ0n) is 14.3. The highest BCUT2D eigenvalue weighted by Gasteiger charge is 2.25. The van der Waals surface area contributed by atoms with Crippen molar-refractivity contribution in [3.8, 4) is 5.75 Å². The van der Waals surface area contributed by atoms with Gasteiger partial charge in [0.25, 0.3) is 0 Å². The maximum absolute atomic E-state index is 13.3. The second-order valence-corrected chi connectivity index (χ2v) is 6.58. The largest absolute Gasteiger partial charge is 0.494 e. The first-order valence-electron chi connectivity index (χ1n) is 8.74. The van der Waals surface area contributed by atoms with Gasteiger partial charge < -0.3 is 19.9 Å². The van der Waals surface area contributed by atoms with E-state index in [2.05, 4.69) is 10.2 Å². The molecule has 0 spiro atoms. The molecule has 3 rings (SSSR count). The first-order chi connectivity index (χ1) is 11.7. The zero-order chi connectivity index (χ0) is 16.9. The number of carbonyl (C=O) groups excluding carboxylic acids is 1. The summed E-state index contributed by atoms with van der Waals surface area (Å²) in [4.78, 5) is 16.6. The van der Waals surface area contributed by atoms with Gasteiger partial charge in [0.1, 0.15) is 11.6 Å². The third-order valence-electron chi connectivity index (χ3n) is 5.04. The Kier molecular flexibility index (Phi) is 5.56. The molecule has 1 N–H and O–H groups in total.